The van der Waals surface area contributed by atoms with E-state index in [1.54, 1.807) is 0 Å². The standard InChI is InChI=1S/C25H29NP/c1-21(26-25(2,3)4)20-27(22-14-8-5-9-15-22,23-16-10-6-11-17-23)24-18-12-7-13-19-24/h5-20,26H,1-4H3/q+1/b21-20+. The molecule has 0 aliphatic heterocycles. The van der Waals surface area contributed by atoms with E-state index in [9.17, 15) is 0 Å². The lowest BCUT2D eigenvalue weighted by atomic mass is 10.1. The number of hydrogen-bond donors (Lipinski definition) is 1. The lowest BCUT2D eigenvalue weighted by molar-refractivity contribution is 0.474. The Morgan fingerprint density at radius 2 is 1.00 bits per heavy atom. The van der Waals surface area contributed by atoms with Crippen LogP contribution in [-0.4, -0.2) is 5.54 Å². The highest BCUT2D eigenvalue weighted by molar-refractivity contribution is 7.98. The fourth-order valence-electron chi connectivity index (χ4n) is 3.57. The van der Waals surface area contributed by atoms with Gasteiger partial charge < -0.3 is 5.32 Å². The topological polar surface area (TPSA) is 12.0 Å². The first-order valence-corrected chi connectivity index (χ1v) is 11.3. The largest absolute Gasteiger partial charge is 0.381 e. The molecule has 0 unspecified atom stereocenters. The average Bonchev–Trinajstić information content (AvgIpc) is 2.67. The summed E-state index contributed by atoms with van der Waals surface area (Å²) < 4.78 is 0. The van der Waals surface area contributed by atoms with Gasteiger partial charge in [-0.05, 0) is 64.1 Å². The van der Waals surface area contributed by atoms with Crippen LogP contribution in [0.5, 0.6) is 0 Å². The van der Waals surface area contributed by atoms with E-state index in [0.29, 0.717) is 0 Å². The number of nitrogens with one attached hydrogen (secondary N) is 1. The molecule has 0 aromatic heterocycles. The molecule has 138 valence electrons. The first kappa shape index (κ1) is 19.4. The molecule has 1 N–H and O–H groups in total. The van der Waals surface area contributed by atoms with Gasteiger partial charge >= 0.3 is 0 Å². The van der Waals surface area contributed by atoms with Crippen molar-refractivity contribution >= 4 is 23.2 Å². The van der Waals surface area contributed by atoms with E-state index in [0.717, 1.165) is 0 Å². The van der Waals surface area contributed by atoms with Crippen molar-refractivity contribution in [3.8, 4) is 0 Å². The van der Waals surface area contributed by atoms with Crippen LogP contribution in [0.3, 0.4) is 0 Å². The third-order valence-electron chi connectivity index (χ3n) is 4.45. The number of rotatable bonds is 5. The molecule has 2 heteroatoms. The Morgan fingerprint density at radius 1 is 0.667 bits per heavy atom. The van der Waals surface area contributed by atoms with Crippen LogP contribution >= 0.6 is 7.26 Å². The quantitative estimate of drug-likeness (QED) is 0.603. The van der Waals surface area contributed by atoms with Gasteiger partial charge in [0.05, 0.1) is 5.82 Å². The fraction of sp³-hybridized carbons (Fsp3) is 0.200. The second kappa shape index (κ2) is 8.11. The normalized spacial score (nSPS) is 12.7. The van der Waals surface area contributed by atoms with Gasteiger partial charge in [0.1, 0.15) is 23.2 Å². The maximum atomic E-state index is 3.67. The Balaban J connectivity index is 2.31. The van der Waals surface area contributed by atoms with Crippen LogP contribution in [0.1, 0.15) is 27.7 Å². The van der Waals surface area contributed by atoms with Crippen molar-refractivity contribution in [2.24, 2.45) is 0 Å². The summed E-state index contributed by atoms with van der Waals surface area (Å²) in [6.07, 6.45) is 0. The van der Waals surface area contributed by atoms with Gasteiger partial charge in [-0.3, -0.25) is 0 Å². The van der Waals surface area contributed by atoms with E-state index < -0.39 is 7.26 Å². The van der Waals surface area contributed by atoms with Crippen molar-refractivity contribution in [3.63, 3.8) is 0 Å². The van der Waals surface area contributed by atoms with Gasteiger partial charge in [0.25, 0.3) is 0 Å². The van der Waals surface area contributed by atoms with Crippen LogP contribution in [0, 0.1) is 0 Å². The monoisotopic (exact) mass is 374 g/mol. The van der Waals surface area contributed by atoms with Crippen molar-refractivity contribution < 1.29 is 0 Å². The third kappa shape index (κ3) is 4.49. The first-order valence-electron chi connectivity index (χ1n) is 9.45. The minimum Gasteiger partial charge on any atom is -0.381 e. The third-order valence-corrected chi connectivity index (χ3v) is 8.56. The SMILES string of the molecule is C/C(=C\[P+](c1ccccc1)(c1ccccc1)c1ccccc1)NC(C)(C)C. The van der Waals surface area contributed by atoms with E-state index in [-0.39, 0.29) is 5.54 Å². The van der Waals surface area contributed by atoms with Crippen LogP contribution in [0.25, 0.3) is 0 Å². The van der Waals surface area contributed by atoms with Crippen LogP contribution in [0.2, 0.25) is 0 Å². The van der Waals surface area contributed by atoms with Crippen LogP contribution in [0.15, 0.2) is 103 Å². The summed E-state index contributed by atoms with van der Waals surface area (Å²) >= 11 is 0. The highest BCUT2D eigenvalue weighted by atomic mass is 31.2. The minimum absolute atomic E-state index is 0.0281. The summed E-state index contributed by atoms with van der Waals surface area (Å²) in [7, 11) is -1.92. The Labute approximate surface area is 164 Å². The van der Waals surface area contributed by atoms with Crippen LogP contribution < -0.4 is 21.2 Å². The van der Waals surface area contributed by atoms with Gasteiger partial charge in [-0.25, -0.2) is 0 Å². The predicted octanol–water partition coefficient (Wildman–Crippen LogP) is 5.23. The lowest BCUT2D eigenvalue weighted by Gasteiger charge is -2.27. The van der Waals surface area contributed by atoms with Gasteiger partial charge in [0.15, 0.2) is 0 Å². The Morgan fingerprint density at radius 3 is 1.30 bits per heavy atom. The Hall–Kier alpha value is -2.37. The molecule has 0 saturated carbocycles. The van der Waals surface area contributed by atoms with Crippen molar-refractivity contribution in [3.05, 3.63) is 103 Å². The van der Waals surface area contributed by atoms with E-state index in [1.165, 1.54) is 21.6 Å². The molecule has 0 atom stereocenters. The van der Waals surface area contributed by atoms with E-state index in [1.807, 2.05) is 0 Å². The summed E-state index contributed by atoms with van der Waals surface area (Å²) in [6, 6.07) is 32.8. The molecule has 0 amide bonds. The lowest BCUT2D eigenvalue weighted by Crippen LogP contribution is -2.36. The van der Waals surface area contributed by atoms with Crippen molar-refractivity contribution in [2.75, 3.05) is 0 Å². The molecule has 27 heavy (non-hydrogen) atoms. The van der Waals surface area contributed by atoms with E-state index in [2.05, 4.69) is 130 Å². The zero-order chi connectivity index (χ0) is 19.3. The molecule has 3 aromatic rings. The summed E-state index contributed by atoms with van der Waals surface area (Å²) in [5.74, 6) is 2.48. The van der Waals surface area contributed by atoms with Crippen LogP contribution in [0.4, 0.5) is 0 Å². The van der Waals surface area contributed by atoms with Crippen molar-refractivity contribution in [1.29, 1.82) is 0 Å². The Kier molecular flexibility index (Phi) is 5.82. The average molecular weight is 374 g/mol. The molecule has 0 heterocycles. The molecule has 3 aromatic carbocycles. The smallest absolute Gasteiger partial charge is 0.138 e. The second-order valence-electron chi connectivity index (χ2n) is 7.92. The molecule has 0 fully saturated rings. The molecule has 3 rings (SSSR count). The molecular weight excluding hydrogens is 345 g/mol. The molecule has 0 bridgehead atoms. The summed E-state index contributed by atoms with van der Waals surface area (Å²) in [5.41, 5.74) is 1.24. The number of allylic oxidation sites excluding steroid dienone is 1. The predicted molar refractivity (Wildman–Crippen MR) is 122 cm³/mol. The molecule has 0 aliphatic carbocycles. The number of hydrogen-bond acceptors (Lipinski definition) is 1. The summed E-state index contributed by atoms with van der Waals surface area (Å²) in [6.45, 7) is 8.81. The summed E-state index contributed by atoms with van der Waals surface area (Å²) in [5, 5.41) is 7.79. The van der Waals surface area contributed by atoms with Crippen molar-refractivity contribution in [2.45, 2.75) is 33.2 Å². The van der Waals surface area contributed by atoms with Gasteiger partial charge in [-0.2, -0.15) is 0 Å². The highest BCUT2D eigenvalue weighted by Crippen LogP contribution is 2.57. The minimum atomic E-state index is -1.92. The maximum Gasteiger partial charge on any atom is 0.138 e. The highest BCUT2D eigenvalue weighted by Gasteiger charge is 2.44. The van der Waals surface area contributed by atoms with E-state index >= 15 is 0 Å². The maximum absolute atomic E-state index is 3.67. The molecule has 0 saturated heterocycles. The van der Waals surface area contributed by atoms with Gasteiger partial charge in [0, 0.05) is 11.2 Å². The molecule has 0 spiro atoms. The zero-order valence-corrected chi connectivity index (χ0v) is 17.6. The van der Waals surface area contributed by atoms with Gasteiger partial charge in [-0.15, -0.1) is 0 Å². The molecular formula is C25H29NP+. The van der Waals surface area contributed by atoms with Crippen molar-refractivity contribution in [1.82, 2.24) is 5.32 Å². The molecule has 0 radical (unpaired) electrons. The van der Waals surface area contributed by atoms with Gasteiger partial charge in [-0.1, -0.05) is 54.6 Å². The van der Waals surface area contributed by atoms with Crippen LogP contribution in [-0.2, 0) is 0 Å². The number of benzene rings is 3. The summed E-state index contributed by atoms with van der Waals surface area (Å²) in [4.78, 5) is 0. The fourth-order valence-corrected chi connectivity index (χ4v) is 7.49. The van der Waals surface area contributed by atoms with Gasteiger partial charge in [0.2, 0.25) is 0 Å². The second-order valence-corrected chi connectivity index (χ2v) is 11.2. The Bertz CT molecular complexity index is 781. The first-order chi connectivity index (χ1) is 12.9. The molecule has 1 nitrogen and oxygen atoms in total. The zero-order valence-electron chi connectivity index (χ0n) is 16.7. The van der Waals surface area contributed by atoms with E-state index in [4.69, 9.17) is 0 Å². The molecule has 0 aliphatic rings.